The molecule has 5 nitrogen and oxygen atoms in total. The molecule has 21 heavy (non-hydrogen) atoms. The monoisotopic (exact) mass is 289 g/mol. The van der Waals surface area contributed by atoms with Crippen LogP contribution in [-0.2, 0) is 6.54 Å². The average molecular weight is 289 g/mol. The molecule has 2 rings (SSSR count). The first-order valence-corrected chi connectivity index (χ1v) is 5.88. The second-order valence-corrected chi connectivity index (χ2v) is 4.18. The van der Waals surface area contributed by atoms with Gasteiger partial charge in [-0.25, -0.2) is 8.78 Å². The summed E-state index contributed by atoms with van der Waals surface area (Å²) < 4.78 is 26.9. The lowest BCUT2D eigenvalue weighted by Gasteiger charge is -2.09. The van der Waals surface area contributed by atoms with Gasteiger partial charge in [0.2, 0.25) is 0 Å². The Labute approximate surface area is 118 Å². The molecule has 0 bridgehead atoms. The summed E-state index contributed by atoms with van der Waals surface area (Å²) >= 11 is 0. The number of nitrogens with one attached hydrogen (secondary N) is 1. The molecule has 0 aliphatic heterocycles. The van der Waals surface area contributed by atoms with Gasteiger partial charge in [0.25, 0.3) is 5.69 Å². The summed E-state index contributed by atoms with van der Waals surface area (Å²) in [5.74, 6) is -2.48. The van der Waals surface area contributed by atoms with Gasteiger partial charge in [-0.05, 0) is 23.8 Å². The average Bonchev–Trinajstić information content (AvgIpc) is 2.48. The Hall–Kier alpha value is -3.01. The molecule has 0 aliphatic rings. The first-order valence-electron chi connectivity index (χ1n) is 5.88. The van der Waals surface area contributed by atoms with Gasteiger partial charge in [0, 0.05) is 12.6 Å². The number of nitro groups is 1. The van der Waals surface area contributed by atoms with Gasteiger partial charge in [-0.2, -0.15) is 5.26 Å². The number of hydrogen-bond donors (Lipinski definition) is 1. The molecule has 2 aromatic rings. The van der Waals surface area contributed by atoms with Gasteiger partial charge in [-0.15, -0.1) is 0 Å². The van der Waals surface area contributed by atoms with Gasteiger partial charge >= 0.3 is 0 Å². The quantitative estimate of drug-likeness (QED) is 0.691. The molecular weight excluding hydrogens is 280 g/mol. The second kappa shape index (κ2) is 5.96. The predicted molar refractivity (Wildman–Crippen MR) is 71.5 cm³/mol. The topological polar surface area (TPSA) is 79.0 Å². The van der Waals surface area contributed by atoms with Crippen LogP contribution in [0.2, 0.25) is 0 Å². The number of nitrogens with zero attached hydrogens (tertiary/aromatic N) is 2. The van der Waals surface area contributed by atoms with Gasteiger partial charge in [0.15, 0.2) is 17.3 Å². The van der Waals surface area contributed by atoms with Crippen LogP contribution >= 0.6 is 0 Å². The number of benzene rings is 2. The van der Waals surface area contributed by atoms with Crippen LogP contribution in [0.3, 0.4) is 0 Å². The Morgan fingerprint density at radius 3 is 2.71 bits per heavy atom. The van der Waals surface area contributed by atoms with Crippen molar-refractivity contribution >= 4 is 11.4 Å². The maximum Gasteiger partial charge on any atom is 0.295 e. The van der Waals surface area contributed by atoms with Crippen molar-refractivity contribution in [2.75, 3.05) is 5.32 Å². The molecular formula is C14H9F2N3O2. The van der Waals surface area contributed by atoms with Crippen LogP contribution in [-0.4, -0.2) is 4.92 Å². The van der Waals surface area contributed by atoms with Gasteiger partial charge < -0.3 is 5.32 Å². The van der Waals surface area contributed by atoms with E-state index >= 15 is 0 Å². The zero-order chi connectivity index (χ0) is 15.4. The van der Waals surface area contributed by atoms with Crippen LogP contribution in [0.25, 0.3) is 0 Å². The van der Waals surface area contributed by atoms with Crippen molar-refractivity contribution in [3.05, 3.63) is 69.3 Å². The highest BCUT2D eigenvalue weighted by Gasteiger charge is 2.21. The van der Waals surface area contributed by atoms with E-state index in [-0.39, 0.29) is 6.54 Å². The zero-order valence-electron chi connectivity index (χ0n) is 10.6. The zero-order valence-corrected chi connectivity index (χ0v) is 10.6. The number of anilines is 1. The molecule has 106 valence electrons. The molecule has 7 heteroatoms. The van der Waals surface area contributed by atoms with E-state index in [0.29, 0.717) is 17.2 Å². The SMILES string of the molecule is N#Cc1cccc(CNc2c([N+](=O)[O-])ccc(F)c2F)c1. The molecule has 0 amide bonds. The lowest BCUT2D eigenvalue weighted by Crippen LogP contribution is -2.06. The molecule has 0 aliphatic carbocycles. The minimum Gasteiger partial charge on any atom is -0.373 e. The van der Waals surface area contributed by atoms with Crippen LogP contribution in [0.5, 0.6) is 0 Å². The third-order valence-electron chi connectivity index (χ3n) is 2.79. The highest BCUT2D eigenvalue weighted by Crippen LogP contribution is 2.29. The fraction of sp³-hybridized carbons (Fsp3) is 0.0714. The Bertz CT molecular complexity index is 741. The summed E-state index contributed by atoms with van der Waals surface area (Å²) in [7, 11) is 0. The first-order chi connectivity index (χ1) is 10.0. The molecule has 0 radical (unpaired) electrons. The van der Waals surface area contributed by atoms with Crippen LogP contribution < -0.4 is 5.32 Å². The smallest absolute Gasteiger partial charge is 0.295 e. The summed E-state index contributed by atoms with van der Waals surface area (Å²) in [5.41, 5.74) is -0.0387. The lowest BCUT2D eigenvalue weighted by molar-refractivity contribution is -0.384. The minimum atomic E-state index is -1.30. The third-order valence-corrected chi connectivity index (χ3v) is 2.79. The molecule has 0 atom stereocenters. The number of rotatable bonds is 4. The molecule has 0 fully saturated rings. The van der Waals surface area contributed by atoms with Crippen LogP contribution in [0.1, 0.15) is 11.1 Å². The van der Waals surface area contributed by atoms with Gasteiger partial charge in [-0.3, -0.25) is 10.1 Å². The molecule has 2 aromatic carbocycles. The number of halogens is 2. The van der Waals surface area contributed by atoms with Crippen LogP contribution in [0.4, 0.5) is 20.2 Å². The maximum absolute atomic E-state index is 13.7. The van der Waals surface area contributed by atoms with Crippen molar-refractivity contribution in [3.8, 4) is 6.07 Å². The Morgan fingerprint density at radius 2 is 2.05 bits per heavy atom. The molecule has 0 unspecified atom stereocenters. The van der Waals surface area contributed by atoms with E-state index in [1.807, 2.05) is 6.07 Å². The molecule has 0 saturated carbocycles. The van der Waals surface area contributed by atoms with E-state index in [0.717, 1.165) is 6.07 Å². The van der Waals surface area contributed by atoms with Crippen molar-refractivity contribution in [1.82, 2.24) is 0 Å². The Kier molecular flexibility index (Phi) is 4.09. The summed E-state index contributed by atoms with van der Waals surface area (Å²) in [6.45, 7) is 0.0245. The summed E-state index contributed by atoms with van der Waals surface area (Å²) in [5, 5.41) is 22.1. The van der Waals surface area contributed by atoms with Crippen LogP contribution in [0, 0.1) is 33.1 Å². The predicted octanol–water partition coefficient (Wildman–Crippen LogP) is 3.36. The van der Waals surface area contributed by atoms with Crippen molar-refractivity contribution in [1.29, 1.82) is 5.26 Å². The fourth-order valence-corrected chi connectivity index (χ4v) is 1.80. The largest absolute Gasteiger partial charge is 0.373 e. The Morgan fingerprint density at radius 1 is 1.29 bits per heavy atom. The normalized spacial score (nSPS) is 9.95. The van der Waals surface area contributed by atoms with Crippen molar-refractivity contribution in [3.63, 3.8) is 0 Å². The highest BCUT2D eigenvalue weighted by atomic mass is 19.2. The minimum absolute atomic E-state index is 0.0245. The molecule has 1 N–H and O–H groups in total. The van der Waals surface area contributed by atoms with E-state index in [9.17, 15) is 18.9 Å². The number of hydrogen-bond acceptors (Lipinski definition) is 4. The van der Waals surface area contributed by atoms with Gasteiger partial charge in [0.1, 0.15) is 0 Å². The van der Waals surface area contributed by atoms with E-state index in [4.69, 9.17) is 5.26 Å². The van der Waals surface area contributed by atoms with E-state index in [1.54, 1.807) is 24.3 Å². The molecule has 0 heterocycles. The van der Waals surface area contributed by atoms with Crippen molar-refractivity contribution < 1.29 is 13.7 Å². The third kappa shape index (κ3) is 3.12. The molecule has 0 spiro atoms. The van der Waals surface area contributed by atoms with E-state index in [2.05, 4.69) is 5.32 Å². The summed E-state index contributed by atoms with van der Waals surface area (Å²) in [4.78, 5) is 10.0. The van der Waals surface area contributed by atoms with Crippen LogP contribution in [0.15, 0.2) is 36.4 Å². The van der Waals surface area contributed by atoms with E-state index < -0.39 is 27.9 Å². The summed E-state index contributed by atoms with van der Waals surface area (Å²) in [6, 6.07) is 9.98. The maximum atomic E-state index is 13.7. The van der Waals surface area contributed by atoms with Gasteiger partial charge in [-0.1, -0.05) is 12.1 Å². The Balaban J connectivity index is 2.29. The number of nitriles is 1. The van der Waals surface area contributed by atoms with Crippen molar-refractivity contribution in [2.24, 2.45) is 0 Å². The molecule has 0 aromatic heterocycles. The van der Waals surface area contributed by atoms with Crippen molar-refractivity contribution in [2.45, 2.75) is 6.54 Å². The summed E-state index contributed by atoms with van der Waals surface area (Å²) in [6.07, 6.45) is 0. The lowest BCUT2D eigenvalue weighted by atomic mass is 10.1. The second-order valence-electron chi connectivity index (χ2n) is 4.18. The fourth-order valence-electron chi connectivity index (χ4n) is 1.80. The molecule has 0 saturated heterocycles. The standard InChI is InChI=1S/C14H9F2N3O2/c15-11-4-5-12(19(20)21)14(13(11)16)18-8-10-3-1-2-9(6-10)7-17/h1-6,18H,8H2. The highest BCUT2D eigenvalue weighted by molar-refractivity contribution is 5.62. The van der Waals surface area contributed by atoms with Gasteiger partial charge in [0.05, 0.1) is 16.6 Å². The number of nitro benzene ring substituents is 1. The van der Waals surface area contributed by atoms with E-state index in [1.165, 1.54) is 0 Å². The first kappa shape index (κ1) is 14.4.